The summed E-state index contributed by atoms with van der Waals surface area (Å²) in [5.41, 5.74) is 0.790. The van der Waals surface area contributed by atoms with E-state index in [2.05, 4.69) is 10.3 Å². The van der Waals surface area contributed by atoms with Gasteiger partial charge in [0.25, 0.3) is 5.69 Å². The van der Waals surface area contributed by atoms with Gasteiger partial charge in [-0.05, 0) is 31.2 Å². The van der Waals surface area contributed by atoms with Crippen LogP contribution >= 0.6 is 11.6 Å². The predicted octanol–water partition coefficient (Wildman–Crippen LogP) is 3.83. The van der Waals surface area contributed by atoms with E-state index in [1.807, 2.05) is 0 Å². The van der Waals surface area contributed by atoms with Gasteiger partial charge in [0.05, 0.1) is 9.95 Å². The highest BCUT2D eigenvalue weighted by Crippen LogP contribution is 2.24. The van der Waals surface area contributed by atoms with Gasteiger partial charge in [-0.25, -0.2) is 9.37 Å². The van der Waals surface area contributed by atoms with Crippen LogP contribution in [0.5, 0.6) is 0 Å². The van der Waals surface area contributed by atoms with Gasteiger partial charge in [0.15, 0.2) is 0 Å². The van der Waals surface area contributed by atoms with Gasteiger partial charge in [-0.1, -0.05) is 11.6 Å². The Labute approximate surface area is 113 Å². The number of nitrogens with one attached hydrogen (secondary N) is 1. The molecule has 0 spiro atoms. The van der Waals surface area contributed by atoms with Crippen LogP contribution in [0.2, 0.25) is 5.02 Å². The van der Waals surface area contributed by atoms with E-state index >= 15 is 0 Å². The number of hydrogen-bond donors (Lipinski definition) is 1. The first-order valence-electron chi connectivity index (χ1n) is 5.31. The maximum Gasteiger partial charge on any atom is 0.290 e. The van der Waals surface area contributed by atoms with Gasteiger partial charge in [-0.3, -0.25) is 10.1 Å². The number of aryl methyl sites for hydroxylation is 1. The summed E-state index contributed by atoms with van der Waals surface area (Å²) in [6, 6.07) is 6.97. The van der Waals surface area contributed by atoms with E-state index in [0.29, 0.717) is 17.2 Å². The highest BCUT2D eigenvalue weighted by molar-refractivity contribution is 6.31. The Morgan fingerprint density at radius 3 is 2.68 bits per heavy atom. The van der Waals surface area contributed by atoms with Gasteiger partial charge in [0.1, 0.15) is 17.3 Å². The molecule has 19 heavy (non-hydrogen) atoms. The minimum Gasteiger partial charge on any atom is -0.340 e. The molecule has 0 saturated heterocycles. The monoisotopic (exact) mass is 281 g/mol. The molecule has 0 aliphatic carbocycles. The van der Waals surface area contributed by atoms with Gasteiger partial charge in [-0.2, -0.15) is 0 Å². The molecule has 2 rings (SSSR count). The molecule has 0 radical (unpaired) electrons. The molecule has 0 bridgehead atoms. The molecular weight excluding hydrogens is 273 g/mol. The topological polar surface area (TPSA) is 68.1 Å². The quantitative estimate of drug-likeness (QED) is 0.685. The van der Waals surface area contributed by atoms with Crippen LogP contribution in [0.15, 0.2) is 30.3 Å². The smallest absolute Gasteiger partial charge is 0.290 e. The molecule has 0 aliphatic heterocycles. The number of halogens is 2. The second kappa shape index (κ2) is 5.19. The zero-order valence-electron chi connectivity index (χ0n) is 9.85. The number of aromatic nitrogens is 1. The first kappa shape index (κ1) is 13.2. The van der Waals surface area contributed by atoms with Crippen molar-refractivity contribution in [1.29, 1.82) is 0 Å². The molecule has 0 amide bonds. The molecule has 1 aromatic heterocycles. The van der Waals surface area contributed by atoms with Crippen LogP contribution in [0.4, 0.5) is 21.6 Å². The second-order valence-electron chi connectivity index (χ2n) is 3.81. The van der Waals surface area contributed by atoms with E-state index in [9.17, 15) is 14.5 Å². The third-order valence-electron chi connectivity index (χ3n) is 2.45. The Morgan fingerprint density at radius 1 is 1.37 bits per heavy atom. The molecule has 1 aromatic carbocycles. The standard InChI is InChI=1S/C12H9ClFN3O2/c1-7-11(17(18)19)4-5-12(15-7)16-8-2-3-10(14)9(13)6-8/h2-6H,1H3,(H,15,16). The SMILES string of the molecule is Cc1nc(Nc2ccc(F)c(Cl)c2)ccc1[N+](=O)[O-]. The second-order valence-corrected chi connectivity index (χ2v) is 4.22. The molecule has 7 heteroatoms. The fourth-order valence-corrected chi connectivity index (χ4v) is 1.72. The van der Waals surface area contributed by atoms with Crippen LogP contribution in [0.25, 0.3) is 0 Å². The number of benzene rings is 1. The van der Waals surface area contributed by atoms with Crippen LogP contribution in [0, 0.1) is 22.9 Å². The normalized spacial score (nSPS) is 10.3. The van der Waals surface area contributed by atoms with Gasteiger partial charge in [0, 0.05) is 11.8 Å². The first-order valence-corrected chi connectivity index (χ1v) is 5.69. The Bertz CT molecular complexity index is 649. The zero-order chi connectivity index (χ0) is 14.0. The lowest BCUT2D eigenvalue weighted by Crippen LogP contribution is -1.99. The van der Waals surface area contributed by atoms with Crippen molar-refractivity contribution in [1.82, 2.24) is 4.98 Å². The maximum absolute atomic E-state index is 13.0. The molecule has 1 N–H and O–H groups in total. The van der Waals surface area contributed by atoms with Crippen molar-refractivity contribution in [2.75, 3.05) is 5.32 Å². The summed E-state index contributed by atoms with van der Waals surface area (Å²) in [6.07, 6.45) is 0. The highest BCUT2D eigenvalue weighted by atomic mass is 35.5. The Balaban J connectivity index is 2.26. The van der Waals surface area contributed by atoms with Gasteiger partial charge < -0.3 is 5.32 Å². The van der Waals surface area contributed by atoms with Crippen LogP contribution in [0.3, 0.4) is 0 Å². The van der Waals surface area contributed by atoms with Gasteiger partial charge in [-0.15, -0.1) is 0 Å². The molecule has 0 aliphatic rings. The van der Waals surface area contributed by atoms with Crippen LogP contribution in [-0.4, -0.2) is 9.91 Å². The molecule has 0 atom stereocenters. The third-order valence-corrected chi connectivity index (χ3v) is 2.74. The number of pyridine rings is 1. The Hall–Kier alpha value is -2.21. The Kier molecular flexibility index (Phi) is 3.62. The summed E-state index contributed by atoms with van der Waals surface area (Å²) in [4.78, 5) is 14.2. The molecule has 5 nitrogen and oxygen atoms in total. The average Bonchev–Trinajstić information content (AvgIpc) is 2.33. The average molecular weight is 282 g/mol. The van der Waals surface area contributed by atoms with Crippen LogP contribution < -0.4 is 5.32 Å². The molecule has 1 heterocycles. The summed E-state index contributed by atoms with van der Waals surface area (Å²) in [6.45, 7) is 1.54. The summed E-state index contributed by atoms with van der Waals surface area (Å²) in [7, 11) is 0. The minimum absolute atomic E-state index is 0.0105. The van der Waals surface area contributed by atoms with Gasteiger partial charge >= 0.3 is 0 Å². The molecule has 0 fully saturated rings. The summed E-state index contributed by atoms with van der Waals surface area (Å²) in [5.74, 6) is -0.0918. The minimum atomic E-state index is -0.514. The number of nitrogens with zero attached hydrogens (tertiary/aromatic N) is 2. The van der Waals surface area contributed by atoms with E-state index in [4.69, 9.17) is 11.6 Å². The van der Waals surface area contributed by atoms with Crippen LogP contribution in [-0.2, 0) is 0 Å². The van der Waals surface area contributed by atoms with E-state index in [1.54, 1.807) is 6.92 Å². The molecule has 0 saturated carbocycles. The van der Waals surface area contributed by atoms with Crippen LogP contribution in [0.1, 0.15) is 5.69 Å². The summed E-state index contributed by atoms with van der Waals surface area (Å²) in [5, 5.41) is 13.5. The number of anilines is 2. The van der Waals surface area contributed by atoms with E-state index in [0.717, 1.165) is 0 Å². The van der Waals surface area contributed by atoms with E-state index < -0.39 is 10.7 Å². The molecule has 2 aromatic rings. The first-order chi connectivity index (χ1) is 8.97. The molecule has 0 unspecified atom stereocenters. The summed E-state index contributed by atoms with van der Waals surface area (Å²) >= 11 is 5.65. The van der Waals surface area contributed by atoms with Crippen molar-refractivity contribution in [3.63, 3.8) is 0 Å². The largest absolute Gasteiger partial charge is 0.340 e. The lowest BCUT2D eigenvalue weighted by Gasteiger charge is -2.07. The van der Waals surface area contributed by atoms with Crippen molar-refractivity contribution >= 4 is 28.8 Å². The summed E-state index contributed by atoms with van der Waals surface area (Å²) < 4.78 is 13.0. The predicted molar refractivity (Wildman–Crippen MR) is 70.3 cm³/mol. The van der Waals surface area contributed by atoms with E-state index in [-0.39, 0.29) is 10.7 Å². The third kappa shape index (κ3) is 2.97. The van der Waals surface area contributed by atoms with Crippen molar-refractivity contribution in [3.8, 4) is 0 Å². The van der Waals surface area contributed by atoms with E-state index in [1.165, 1.54) is 30.3 Å². The van der Waals surface area contributed by atoms with Crippen molar-refractivity contribution in [2.24, 2.45) is 0 Å². The lowest BCUT2D eigenvalue weighted by molar-refractivity contribution is -0.385. The fourth-order valence-electron chi connectivity index (χ4n) is 1.54. The highest BCUT2D eigenvalue weighted by Gasteiger charge is 2.12. The number of rotatable bonds is 3. The van der Waals surface area contributed by atoms with Crippen molar-refractivity contribution < 1.29 is 9.31 Å². The number of nitro groups is 1. The fraction of sp³-hybridized carbons (Fsp3) is 0.0833. The Morgan fingerprint density at radius 2 is 2.11 bits per heavy atom. The van der Waals surface area contributed by atoms with Gasteiger partial charge in [0.2, 0.25) is 0 Å². The lowest BCUT2D eigenvalue weighted by atomic mass is 10.3. The van der Waals surface area contributed by atoms with Crippen molar-refractivity contribution in [2.45, 2.75) is 6.92 Å². The maximum atomic E-state index is 13.0. The van der Waals surface area contributed by atoms with Crippen molar-refractivity contribution in [3.05, 3.63) is 57.0 Å². The molecule has 98 valence electrons. The zero-order valence-corrected chi connectivity index (χ0v) is 10.6. The molecular formula is C12H9ClFN3O2. The number of hydrogen-bond acceptors (Lipinski definition) is 4.